The van der Waals surface area contributed by atoms with Crippen LogP contribution in [0.3, 0.4) is 0 Å². The van der Waals surface area contributed by atoms with Crippen molar-refractivity contribution in [3.63, 3.8) is 0 Å². The van der Waals surface area contributed by atoms with Crippen molar-refractivity contribution in [3.8, 4) is 0 Å². The Labute approximate surface area is 121 Å². The van der Waals surface area contributed by atoms with Crippen molar-refractivity contribution in [3.05, 3.63) is 17.0 Å². The molecule has 0 spiro atoms. The number of piperidine rings is 1. The highest BCUT2D eigenvalue weighted by molar-refractivity contribution is 7.14. The van der Waals surface area contributed by atoms with Gasteiger partial charge in [-0.25, -0.2) is 9.59 Å². The molecular weight excluding hydrogens is 278 g/mol. The summed E-state index contributed by atoms with van der Waals surface area (Å²) in [6, 6.07) is 1.32. The van der Waals surface area contributed by atoms with Gasteiger partial charge >= 0.3 is 12.0 Å². The number of rotatable bonds is 4. The van der Waals surface area contributed by atoms with E-state index < -0.39 is 5.97 Å². The first-order chi connectivity index (χ1) is 9.60. The first kappa shape index (κ1) is 14.8. The number of carbonyl (C=O) groups is 2. The standard InChI is InChI=1S/C13H19N3O3S/c1-2-16-6-3-9(4-7-16)14-13(19)15-11-10(12(17)18)5-8-20-11/h5,8-9H,2-4,6-7H2,1H3,(H,17,18)(H2,14,15,19). The van der Waals surface area contributed by atoms with Crippen LogP contribution in [0.5, 0.6) is 0 Å². The highest BCUT2D eigenvalue weighted by Crippen LogP contribution is 2.23. The Morgan fingerprint density at radius 1 is 1.45 bits per heavy atom. The molecule has 3 N–H and O–H groups in total. The topological polar surface area (TPSA) is 81.7 Å². The zero-order valence-electron chi connectivity index (χ0n) is 11.4. The molecule has 0 radical (unpaired) electrons. The van der Waals surface area contributed by atoms with Crippen LogP contribution in [0.1, 0.15) is 30.1 Å². The van der Waals surface area contributed by atoms with Crippen LogP contribution >= 0.6 is 11.3 Å². The summed E-state index contributed by atoms with van der Waals surface area (Å²) in [5.74, 6) is -1.03. The zero-order valence-corrected chi connectivity index (χ0v) is 12.2. The summed E-state index contributed by atoms with van der Waals surface area (Å²) in [7, 11) is 0. The van der Waals surface area contributed by atoms with E-state index in [9.17, 15) is 9.59 Å². The lowest BCUT2D eigenvalue weighted by Crippen LogP contribution is -2.45. The van der Waals surface area contributed by atoms with E-state index in [4.69, 9.17) is 5.11 Å². The third-order valence-corrected chi connectivity index (χ3v) is 4.32. The molecule has 0 aromatic carbocycles. The van der Waals surface area contributed by atoms with Gasteiger partial charge in [-0.15, -0.1) is 11.3 Å². The Hall–Kier alpha value is -1.60. The highest BCUT2D eigenvalue weighted by Gasteiger charge is 2.20. The Morgan fingerprint density at radius 2 is 2.15 bits per heavy atom. The van der Waals surface area contributed by atoms with E-state index in [1.807, 2.05) is 0 Å². The lowest BCUT2D eigenvalue weighted by atomic mass is 10.1. The fourth-order valence-electron chi connectivity index (χ4n) is 2.29. The molecule has 6 nitrogen and oxygen atoms in total. The number of nitrogens with zero attached hydrogens (tertiary/aromatic N) is 1. The van der Waals surface area contributed by atoms with Gasteiger partial charge in [0.2, 0.25) is 0 Å². The summed E-state index contributed by atoms with van der Waals surface area (Å²) in [5.41, 5.74) is 0.131. The molecule has 1 fully saturated rings. The Morgan fingerprint density at radius 3 is 2.75 bits per heavy atom. The predicted octanol–water partition coefficient (Wildman–Crippen LogP) is 2.05. The molecule has 1 saturated heterocycles. The fourth-order valence-corrected chi connectivity index (χ4v) is 3.07. The summed E-state index contributed by atoms with van der Waals surface area (Å²) in [6.45, 7) is 5.14. The average Bonchev–Trinajstić information content (AvgIpc) is 2.87. The quantitative estimate of drug-likeness (QED) is 0.794. The van der Waals surface area contributed by atoms with Gasteiger partial charge in [0.25, 0.3) is 0 Å². The Balaban J connectivity index is 1.84. The maximum Gasteiger partial charge on any atom is 0.338 e. The molecule has 1 aliphatic rings. The molecule has 2 amide bonds. The zero-order chi connectivity index (χ0) is 14.5. The number of carbonyl (C=O) groups excluding carboxylic acids is 1. The average molecular weight is 297 g/mol. The van der Waals surface area contributed by atoms with Crippen LogP contribution in [0.4, 0.5) is 9.80 Å². The van der Waals surface area contributed by atoms with Gasteiger partial charge in [0.15, 0.2) is 0 Å². The second-order valence-corrected chi connectivity index (χ2v) is 5.69. The first-order valence-corrected chi connectivity index (χ1v) is 7.58. The minimum atomic E-state index is -1.03. The van der Waals surface area contributed by atoms with Crippen LogP contribution in [0.25, 0.3) is 0 Å². The number of anilines is 1. The number of likely N-dealkylation sites (tertiary alicyclic amines) is 1. The van der Waals surface area contributed by atoms with Gasteiger partial charge in [0, 0.05) is 19.1 Å². The minimum Gasteiger partial charge on any atom is -0.478 e. The van der Waals surface area contributed by atoms with Crippen molar-refractivity contribution >= 4 is 28.3 Å². The molecule has 0 unspecified atom stereocenters. The van der Waals surface area contributed by atoms with Crippen LogP contribution < -0.4 is 10.6 Å². The van der Waals surface area contributed by atoms with E-state index in [2.05, 4.69) is 22.5 Å². The summed E-state index contributed by atoms with van der Waals surface area (Å²) < 4.78 is 0. The maximum atomic E-state index is 11.9. The molecular formula is C13H19N3O3S. The van der Waals surface area contributed by atoms with Gasteiger partial charge in [-0.3, -0.25) is 5.32 Å². The second-order valence-electron chi connectivity index (χ2n) is 4.78. The molecule has 110 valence electrons. The summed E-state index contributed by atoms with van der Waals surface area (Å²) in [5, 5.41) is 16.5. The van der Waals surface area contributed by atoms with Crippen LogP contribution in [0.15, 0.2) is 11.4 Å². The van der Waals surface area contributed by atoms with Gasteiger partial charge in [-0.05, 0) is 30.8 Å². The van der Waals surface area contributed by atoms with Crippen LogP contribution in [-0.4, -0.2) is 47.7 Å². The Kier molecular flexibility index (Phi) is 4.97. The van der Waals surface area contributed by atoms with Crippen molar-refractivity contribution in [1.29, 1.82) is 0 Å². The lowest BCUT2D eigenvalue weighted by molar-refractivity contribution is 0.0698. The number of urea groups is 1. The largest absolute Gasteiger partial charge is 0.478 e. The van der Waals surface area contributed by atoms with Crippen molar-refractivity contribution < 1.29 is 14.7 Å². The SMILES string of the molecule is CCN1CCC(NC(=O)Nc2sccc2C(=O)O)CC1. The predicted molar refractivity (Wildman–Crippen MR) is 78.6 cm³/mol. The molecule has 0 atom stereocenters. The van der Waals surface area contributed by atoms with Gasteiger partial charge in [-0.2, -0.15) is 0 Å². The smallest absolute Gasteiger partial charge is 0.338 e. The number of nitrogens with one attached hydrogen (secondary N) is 2. The number of aromatic carboxylic acids is 1. The number of carboxylic acid groups (broad SMARTS) is 1. The molecule has 0 bridgehead atoms. The van der Waals surface area contributed by atoms with E-state index in [-0.39, 0.29) is 17.6 Å². The van der Waals surface area contributed by atoms with E-state index in [1.54, 1.807) is 5.38 Å². The number of hydrogen-bond donors (Lipinski definition) is 3. The Bertz CT molecular complexity index is 481. The van der Waals surface area contributed by atoms with Crippen LogP contribution in [-0.2, 0) is 0 Å². The summed E-state index contributed by atoms with van der Waals surface area (Å²) in [6.07, 6.45) is 1.86. The number of amides is 2. The third kappa shape index (κ3) is 3.71. The number of carboxylic acids is 1. The molecule has 0 saturated carbocycles. The van der Waals surface area contributed by atoms with Crippen molar-refractivity contribution in [2.75, 3.05) is 25.0 Å². The molecule has 2 rings (SSSR count). The maximum absolute atomic E-state index is 11.9. The van der Waals surface area contributed by atoms with E-state index in [1.165, 1.54) is 17.4 Å². The van der Waals surface area contributed by atoms with Crippen LogP contribution in [0, 0.1) is 0 Å². The van der Waals surface area contributed by atoms with E-state index in [0.717, 1.165) is 32.5 Å². The minimum absolute atomic E-state index is 0.131. The molecule has 1 aliphatic heterocycles. The number of hydrogen-bond acceptors (Lipinski definition) is 4. The molecule has 0 aliphatic carbocycles. The summed E-state index contributed by atoms with van der Waals surface area (Å²) >= 11 is 1.21. The highest BCUT2D eigenvalue weighted by atomic mass is 32.1. The molecule has 1 aromatic heterocycles. The lowest BCUT2D eigenvalue weighted by Gasteiger charge is -2.31. The van der Waals surface area contributed by atoms with Crippen molar-refractivity contribution in [2.24, 2.45) is 0 Å². The van der Waals surface area contributed by atoms with E-state index in [0.29, 0.717) is 5.00 Å². The normalized spacial score (nSPS) is 16.9. The molecule has 7 heteroatoms. The monoisotopic (exact) mass is 297 g/mol. The molecule has 2 heterocycles. The van der Waals surface area contributed by atoms with Gasteiger partial charge in [0.05, 0.1) is 5.56 Å². The van der Waals surface area contributed by atoms with Crippen molar-refractivity contribution in [2.45, 2.75) is 25.8 Å². The van der Waals surface area contributed by atoms with E-state index >= 15 is 0 Å². The summed E-state index contributed by atoms with van der Waals surface area (Å²) in [4.78, 5) is 25.2. The van der Waals surface area contributed by atoms with Gasteiger partial charge in [0.1, 0.15) is 5.00 Å². The van der Waals surface area contributed by atoms with Crippen molar-refractivity contribution in [1.82, 2.24) is 10.2 Å². The second kappa shape index (κ2) is 6.71. The first-order valence-electron chi connectivity index (χ1n) is 6.70. The van der Waals surface area contributed by atoms with Crippen LogP contribution in [0.2, 0.25) is 0 Å². The van der Waals surface area contributed by atoms with Gasteiger partial charge < -0.3 is 15.3 Å². The molecule has 20 heavy (non-hydrogen) atoms. The molecule has 1 aromatic rings. The third-order valence-electron chi connectivity index (χ3n) is 3.49. The van der Waals surface area contributed by atoms with Gasteiger partial charge in [-0.1, -0.05) is 6.92 Å². The fraction of sp³-hybridized carbons (Fsp3) is 0.538. The number of thiophene rings is 1.